The van der Waals surface area contributed by atoms with E-state index in [2.05, 4.69) is 63.7 Å². The summed E-state index contributed by atoms with van der Waals surface area (Å²) >= 11 is 12.6. The Morgan fingerprint density at radius 3 is 1.82 bits per heavy atom. The molecule has 11 heavy (non-hydrogen) atoms. The van der Waals surface area contributed by atoms with Gasteiger partial charge in [-0.25, -0.2) is 0 Å². The van der Waals surface area contributed by atoms with Crippen LogP contribution in [0.5, 0.6) is 0 Å². The number of halogens is 4. The van der Waals surface area contributed by atoms with E-state index in [0.717, 1.165) is 0 Å². The van der Waals surface area contributed by atoms with E-state index in [-0.39, 0.29) is 6.61 Å². The van der Waals surface area contributed by atoms with E-state index in [1.54, 1.807) is 0 Å². The molecule has 0 saturated heterocycles. The highest BCUT2D eigenvalue weighted by molar-refractivity contribution is 9.30. The van der Waals surface area contributed by atoms with E-state index >= 15 is 0 Å². The highest BCUT2D eigenvalue weighted by atomic mass is 79.9. The molecule has 0 unspecified atom stereocenters. The Balaban J connectivity index is 4.00. The van der Waals surface area contributed by atoms with E-state index in [4.69, 9.17) is 5.11 Å². The summed E-state index contributed by atoms with van der Waals surface area (Å²) in [6, 6.07) is 0. The van der Waals surface area contributed by atoms with Crippen molar-refractivity contribution in [3.63, 3.8) is 0 Å². The SMILES string of the molecule is OCCCC(Br)(Br)C(O)(Br)Br. The number of rotatable bonds is 4. The summed E-state index contributed by atoms with van der Waals surface area (Å²) in [5.41, 5.74) is 0. The lowest BCUT2D eigenvalue weighted by atomic mass is 10.2. The standard InChI is InChI=1S/C5H8Br4O2/c6-4(7,2-1-3-10)5(8,9)11/h10-11H,1-3H2. The second kappa shape index (κ2) is 4.91. The zero-order valence-corrected chi connectivity index (χ0v) is 11.9. The Morgan fingerprint density at radius 2 is 1.55 bits per heavy atom. The molecule has 0 bridgehead atoms. The average molecular weight is 420 g/mol. The van der Waals surface area contributed by atoms with Crippen molar-refractivity contribution in [2.75, 3.05) is 6.61 Å². The van der Waals surface area contributed by atoms with Crippen LogP contribution >= 0.6 is 63.7 Å². The highest BCUT2D eigenvalue weighted by Gasteiger charge is 2.42. The first kappa shape index (κ1) is 12.8. The fourth-order valence-electron chi connectivity index (χ4n) is 0.451. The molecule has 2 N–H and O–H groups in total. The van der Waals surface area contributed by atoms with Crippen LogP contribution in [0.15, 0.2) is 0 Å². The topological polar surface area (TPSA) is 40.5 Å². The zero-order valence-electron chi connectivity index (χ0n) is 5.53. The molecule has 6 heteroatoms. The maximum Gasteiger partial charge on any atom is 0.200 e. The van der Waals surface area contributed by atoms with Crippen LogP contribution in [0.25, 0.3) is 0 Å². The molecular weight excluding hydrogens is 412 g/mol. The van der Waals surface area contributed by atoms with Crippen molar-refractivity contribution in [1.29, 1.82) is 0 Å². The van der Waals surface area contributed by atoms with Crippen LogP contribution < -0.4 is 0 Å². The van der Waals surface area contributed by atoms with Gasteiger partial charge in [-0.15, -0.1) is 0 Å². The van der Waals surface area contributed by atoms with Crippen molar-refractivity contribution in [3.05, 3.63) is 0 Å². The third kappa shape index (κ3) is 4.57. The smallest absolute Gasteiger partial charge is 0.200 e. The average Bonchev–Trinajstić information content (AvgIpc) is 1.81. The highest BCUT2D eigenvalue weighted by Crippen LogP contribution is 2.49. The summed E-state index contributed by atoms with van der Waals surface area (Å²) in [6.45, 7) is 0.106. The zero-order chi connectivity index (χ0) is 9.12. The van der Waals surface area contributed by atoms with E-state index in [9.17, 15) is 5.11 Å². The van der Waals surface area contributed by atoms with Gasteiger partial charge in [-0.2, -0.15) is 0 Å². The third-order valence-electron chi connectivity index (χ3n) is 1.09. The molecule has 68 valence electrons. The summed E-state index contributed by atoms with van der Waals surface area (Å²) in [7, 11) is 0. The molecular formula is C5H8Br4O2. The Kier molecular flexibility index (Phi) is 5.73. The van der Waals surface area contributed by atoms with Gasteiger partial charge in [0.1, 0.15) is 3.23 Å². The molecule has 0 amide bonds. The molecule has 0 saturated carbocycles. The second-order valence-electron chi connectivity index (χ2n) is 2.07. The summed E-state index contributed by atoms with van der Waals surface area (Å²) in [6.07, 6.45) is 1.20. The first-order chi connectivity index (χ1) is 4.81. The van der Waals surface area contributed by atoms with Gasteiger partial charge in [0.2, 0.25) is 0 Å². The van der Waals surface area contributed by atoms with Gasteiger partial charge >= 0.3 is 0 Å². The van der Waals surface area contributed by atoms with Crippen LogP contribution in [-0.2, 0) is 0 Å². The van der Waals surface area contributed by atoms with Gasteiger partial charge in [0.15, 0.2) is 3.42 Å². The summed E-state index contributed by atoms with van der Waals surface area (Å²) in [5.74, 6) is 0. The van der Waals surface area contributed by atoms with Crippen LogP contribution in [0.1, 0.15) is 12.8 Å². The lowest BCUT2D eigenvalue weighted by Crippen LogP contribution is -2.33. The maximum absolute atomic E-state index is 9.43. The monoisotopic (exact) mass is 416 g/mol. The molecule has 0 aromatic carbocycles. The van der Waals surface area contributed by atoms with Gasteiger partial charge < -0.3 is 10.2 Å². The molecule has 0 aliphatic rings. The fraction of sp³-hybridized carbons (Fsp3) is 1.00. The predicted octanol–water partition coefficient (Wildman–Crippen LogP) is 2.68. The maximum atomic E-state index is 9.43. The quantitative estimate of drug-likeness (QED) is 0.688. The van der Waals surface area contributed by atoms with Crippen LogP contribution in [0, 0.1) is 0 Å². The molecule has 0 aromatic rings. The normalized spacial score (nSPS) is 13.6. The first-order valence-electron chi connectivity index (χ1n) is 2.90. The van der Waals surface area contributed by atoms with Gasteiger partial charge in [-0.05, 0) is 44.7 Å². The molecule has 0 rings (SSSR count). The van der Waals surface area contributed by atoms with Gasteiger partial charge in [0.25, 0.3) is 0 Å². The van der Waals surface area contributed by atoms with E-state index in [1.165, 1.54) is 0 Å². The van der Waals surface area contributed by atoms with Crippen molar-refractivity contribution < 1.29 is 10.2 Å². The number of aliphatic hydroxyl groups is 2. The largest absolute Gasteiger partial charge is 0.396 e. The second-order valence-corrected chi connectivity index (χ2v) is 9.20. The van der Waals surface area contributed by atoms with Crippen molar-refractivity contribution in [2.45, 2.75) is 19.5 Å². The van der Waals surface area contributed by atoms with Gasteiger partial charge in [-0.1, -0.05) is 31.9 Å². The van der Waals surface area contributed by atoms with Crippen molar-refractivity contribution in [1.82, 2.24) is 0 Å². The molecule has 0 atom stereocenters. The van der Waals surface area contributed by atoms with Gasteiger partial charge in [-0.3, -0.25) is 0 Å². The van der Waals surface area contributed by atoms with Crippen LogP contribution in [-0.4, -0.2) is 23.5 Å². The van der Waals surface area contributed by atoms with E-state index in [0.29, 0.717) is 12.8 Å². The minimum Gasteiger partial charge on any atom is -0.396 e. The Morgan fingerprint density at radius 1 is 1.09 bits per heavy atom. The minimum atomic E-state index is -1.21. The number of aliphatic hydroxyl groups excluding tert-OH is 1. The molecule has 0 radical (unpaired) electrons. The van der Waals surface area contributed by atoms with Crippen molar-refractivity contribution in [3.8, 4) is 0 Å². The number of hydrogen-bond acceptors (Lipinski definition) is 2. The summed E-state index contributed by atoms with van der Waals surface area (Å²) in [4.78, 5) is 0. The number of alkyl halides is 4. The van der Waals surface area contributed by atoms with Crippen LogP contribution in [0.3, 0.4) is 0 Å². The van der Waals surface area contributed by atoms with Crippen LogP contribution in [0.2, 0.25) is 0 Å². The summed E-state index contributed by atoms with van der Waals surface area (Å²) in [5, 5.41) is 18.0. The first-order valence-corrected chi connectivity index (χ1v) is 6.07. The molecule has 0 fully saturated rings. The molecule has 0 heterocycles. The van der Waals surface area contributed by atoms with Crippen molar-refractivity contribution in [2.24, 2.45) is 0 Å². The minimum absolute atomic E-state index is 0.106. The van der Waals surface area contributed by atoms with Crippen molar-refractivity contribution >= 4 is 63.7 Å². The van der Waals surface area contributed by atoms with Crippen LogP contribution in [0.4, 0.5) is 0 Å². The van der Waals surface area contributed by atoms with Gasteiger partial charge in [0, 0.05) is 6.61 Å². The number of hydrogen-bond donors (Lipinski definition) is 2. The van der Waals surface area contributed by atoms with E-state index < -0.39 is 6.65 Å². The van der Waals surface area contributed by atoms with E-state index in [1.807, 2.05) is 0 Å². The Labute approximate surface area is 99.3 Å². The molecule has 0 aromatic heterocycles. The Hall–Kier alpha value is 1.84. The third-order valence-corrected chi connectivity index (χ3v) is 6.51. The van der Waals surface area contributed by atoms with Gasteiger partial charge in [0.05, 0.1) is 0 Å². The predicted molar refractivity (Wildman–Crippen MR) is 59.7 cm³/mol. The molecule has 0 aliphatic heterocycles. The molecule has 2 nitrogen and oxygen atoms in total. The molecule has 0 aliphatic carbocycles. The lowest BCUT2D eigenvalue weighted by Gasteiger charge is -2.29. The Bertz CT molecular complexity index is 120. The lowest BCUT2D eigenvalue weighted by molar-refractivity contribution is 0.219. The molecule has 0 spiro atoms. The fourth-order valence-corrected chi connectivity index (χ4v) is 1.41. The summed E-state index contributed by atoms with van der Waals surface area (Å²) < 4.78 is -1.86.